The van der Waals surface area contributed by atoms with Gasteiger partial charge in [-0.3, -0.25) is 0 Å². The Hall–Kier alpha value is -1.36. The highest BCUT2D eigenvalue weighted by molar-refractivity contribution is 7.16. The number of hydrogen-bond donors (Lipinski definition) is 1. The second-order valence-corrected chi connectivity index (χ2v) is 3.16. The smallest absolute Gasteiger partial charge is 0.396 e. The van der Waals surface area contributed by atoms with Gasteiger partial charge in [-0.15, -0.1) is 0 Å². The second kappa shape index (κ2) is 2.31. The van der Waals surface area contributed by atoms with Gasteiger partial charge < -0.3 is 9.52 Å². The summed E-state index contributed by atoms with van der Waals surface area (Å²) in [6.07, 6.45) is 0. The maximum absolute atomic E-state index is 12.9. The van der Waals surface area contributed by atoms with Crippen LogP contribution in [0.2, 0.25) is 0 Å². The van der Waals surface area contributed by atoms with Crippen molar-refractivity contribution in [2.45, 2.75) is 0 Å². The van der Waals surface area contributed by atoms with Crippen molar-refractivity contribution in [2.75, 3.05) is 0 Å². The molecule has 1 aromatic heterocycles. The van der Waals surface area contributed by atoms with E-state index in [1.807, 2.05) is 0 Å². The fourth-order valence-electron chi connectivity index (χ4n) is 0.897. The topological polar surface area (TPSA) is 50.4 Å². The number of phenols is 1. The summed E-state index contributed by atoms with van der Waals surface area (Å²) >= 11 is 0.802. The molecule has 0 aliphatic rings. The number of phenolic OH excluding ortho intramolecular Hbond substituents is 1. The summed E-state index contributed by atoms with van der Waals surface area (Å²) in [6.45, 7) is 0. The molecule has 62 valence electrons. The molecule has 0 bridgehead atoms. The predicted octanol–water partition coefficient (Wildman–Crippen LogP) is 1.70. The Labute approximate surface area is 69.7 Å². The van der Waals surface area contributed by atoms with Crippen molar-refractivity contribution in [3.8, 4) is 5.75 Å². The molecule has 1 heterocycles. The highest BCUT2D eigenvalue weighted by atomic mass is 32.1. The average Bonchev–Trinajstić information content (AvgIpc) is 2.39. The van der Waals surface area contributed by atoms with E-state index in [0.29, 0.717) is 4.70 Å². The van der Waals surface area contributed by atoms with Gasteiger partial charge in [0, 0.05) is 0 Å². The van der Waals surface area contributed by atoms with Gasteiger partial charge in [-0.2, -0.15) is 4.39 Å². The van der Waals surface area contributed by atoms with Gasteiger partial charge in [0.05, 0.1) is 4.70 Å². The van der Waals surface area contributed by atoms with Crippen LogP contribution in [0.25, 0.3) is 10.3 Å². The Morgan fingerprint density at radius 2 is 2.25 bits per heavy atom. The third kappa shape index (κ3) is 0.902. The van der Waals surface area contributed by atoms with E-state index in [1.54, 1.807) is 0 Å². The van der Waals surface area contributed by atoms with Crippen LogP contribution in [0.4, 0.5) is 4.39 Å². The number of aromatic hydroxyl groups is 1. The summed E-state index contributed by atoms with van der Waals surface area (Å²) in [6, 6.07) is 2.62. The van der Waals surface area contributed by atoms with Gasteiger partial charge in [0.2, 0.25) is 5.82 Å². The van der Waals surface area contributed by atoms with Crippen molar-refractivity contribution >= 4 is 21.6 Å². The van der Waals surface area contributed by atoms with Crippen molar-refractivity contribution in [2.24, 2.45) is 0 Å². The van der Waals surface area contributed by atoms with Crippen molar-refractivity contribution in [1.29, 1.82) is 0 Å². The summed E-state index contributed by atoms with van der Waals surface area (Å²) in [5.41, 5.74) is -0.176. The minimum atomic E-state index is -0.883. The molecular weight excluding hydrogens is 183 g/mol. The van der Waals surface area contributed by atoms with Crippen molar-refractivity contribution in [1.82, 2.24) is 0 Å². The van der Waals surface area contributed by atoms with Crippen LogP contribution >= 0.6 is 11.3 Å². The van der Waals surface area contributed by atoms with Crippen LogP contribution in [0.3, 0.4) is 0 Å². The zero-order valence-electron chi connectivity index (χ0n) is 5.70. The molecule has 0 fully saturated rings. The lowest BCUT2D eigenvalue weighted by atomic mass is 10.3. The molecule has 0 aliphatic heterocycles. The molecule has 0 spiro atoms. The zero-order valence-corrected chi connectivity index (χ0v) is 6.52. The third-order valence-corrected chi connectivity index (χ3v) is 2.21. The first-order valence-electron chi connectivity index (χ1n) is 3.09. The Kier molecular flexibility index (Phi) is 1.41. The fraction of sp³-hybridized carbons (Fsp3) is 0. The third-order valence-electron chi connectivity index (χ3n) is 1.42. The Balaban J connectivity index is 2.99. The molecule has 0 radical (unpaired) electrons. The number of halogens is 1. The number of hydrogen-bond acceptors (Lipinski definition) is 4. The van der Waals surface area contributed by atoms with Crippen molar-refractivity contribution in [3.63, 3.8) is 0 Å². The molecule has 0 amide bonds. The van der Waals surface area contributed by atoms with E-state index < -0.39 is 16.5 Å². The van der Waals surface area contributed by atoms with Crippen molar-refractivity contribution in [3.05, 3.63) is 27.7 Å². The molecule has 5 heteroatoms. The summed E-state index contributed by atoms with van der Waals surface area (Å²) in [5.74, 6) is -1.39. The van der Waals surface area contributed by atoms with Crippen LogP contribution in [0.15, 0.2) is 21.3 Å². The summed E-state index contributed by atoms with van der Waals surface area (Å²) in [5, 5.41) is 8.89. The number of rotatable bonds is 0. The maximum Gasteiger partial charge on any atom is 0.396 e. The van der Waals surface area contributed by atoms with E-state index >= 15 is 0 Å². The maximum atomic E-state index is 12.9. The number of benzene rings is 1. The average molecular weight is 186 g/mol. The van der Waals surface area contributed by atoms with E-state index in [-0.39, 0.29) is 5.58 Å². The summed E-state index contributed by atoms with van der Waals surface area (Å²) < 4.78 is 17.8. The van der Waals surface area contributed by atoms with Crippen LogP contribution in [0.5, 0.6) is 5.75 Å². The Morgan fingerprint density at radius 3 is 3.00 bits per heavy atom. The minimum absolute atomic E-state index is 0.176. The zero-order chi connectivity index (χ0) is 8.72. The van der Waals surface area contributed by atoms with Gasteiger partial charge in [-0.05, 0) is 12.1 Å². The largest absolute Gasteiger partial charge is 0.505 e. The minimum Gasteiger partial charge on any atom is -0.505 e. The molecule has 1 N–H and O–H groups in total. The molecule has 2 aromatic rings. The van der Waals surface area contributed by atoms with Crippen LogP contribution in [0, 0.1) is 5.82 Å². The second-order valence-electron chi connectivity index (χ2n) is 2.18. The summed E-state index contributed by atoms with van der Waals surface area (Å²) in [7, 11) is 0. The van der Waals surface area contributed by atoms with Gasteiger partial charge in [0.15, 0.2) is 11.3 Å². The molecule has 12 heavy (non-hydrogen) atoms. The molecule has 0 aliphatic carbocycles. The lowest BCUT2D eigenvalue weighted by Crippen LogP contribution is -1.81. The van der Waals surface area contributed by atoms with E-state index in [4.69, 9.17) is 5.11 Å². The van der Waals surface area contributed by atoms with Gasteiger partial charge in [0.1, 0.15) is 0 Å². The first kappa shape index (κ1) is 7.30. The van der Waals surface area contributed by atoms with E-state index in [0.717, 1.165) is 11.3 Å². The van der Waals surface area contributed by atoms with Gasteiger partial charge >= 0.3 is 4.94 Å². The first-order valence-corrected chi connectivity index (χ1v) is 3.91. The van der Waals surface area contributed by atoms with Crippen LogP contribution in [-0.4, -0.2) is 5.11 Å². The standard InChI is InChI=1S/C7H3FO3S/c8-5-3(9)1-2-4-6(5)11-7(10)12-4/h1-2,9H. The fourth-order valence-corrected chi connectivity index (χ4v) is 1.56. The molecule has 0 saturated carbocycles. The van der Waals surface area contributed by atoms with E-state index in [9.17, 15) is 9.18 Å². The Morgan fingerprint density at radius 1 is 1.50 bits per heavy atom. The predicted molar refractivity (Wildman–Crippen MR) is 42.0 cm³/mol. The molecule has 3 nitrogen and oxygen atoms in total. The highest BCUT2D eigenvalue weighted by Crippen LogP contribution is 2.26. The molecule has 0 unspecified atom stereocenters. The number of fused-ring (bicyclic) bond motifs is 1. The molecule has 1 aromatic carbocycles. The normalized spacial score (nSPS) is 10.8. The molecular formula is C7H3FO3S. The molecule has 0 saturated heterocycles. The highest BCUT2D eigenvalue weighted by Gasteiger charge is 2.10. The van der Waals surface area contributed by atoms with Gasteiger partial charge in [0.25, 0.3) is 0 Å². The Bertz CT molecular complexity index is 485. The first-order chi connectivity index (χ1) is 5.68. The van der Waals surface area contributed by atoms with Crippen molar-refractivity contribution < 1.29 is 13.9 Å². The van der Waals surface area contributed by atoms with Crippen LogP contribution in [0.1, 0.15) is 0 Å². The summed E-state index contributed by atoms with van der Waals surface area (Å²) in [4.78, 5) is 10.1. The molecule has 2 rings (SSSR count). The lowest BCUT2D eigenvalue weighted by molar-refractivity contribution is 0.427. The van der Waals surface area contributed by atoms with E-state index in [1.165, 1.54) is 12.1 Å². The van der Waals surface area contributed by atoms with Gasteiger partial charge in [-0.25, -0.2) is 4.79 Å². The quantitative estimate of drug-likeness (QED) is 0.681. The molecule has 0 atom stereocenters. The monoisotopic (exact) mass is 186 g/mol. The van der Waals surface area contributed by atoms with Crippen LogP contribution < -0.4 is 4.94 Å². The van der Waals surface area contributed by atoms with E-state index in [2.05, 4.69) is 4.42 Å². The van der Waals surface area contributed by atoms with Crippen LogP contribution in [-0.2, 0) is 0 Å². The van der Waals surface area contributed by atoms with Gasteiger partial charge in [-0.1, -0.05) is 11.3 Å². The SMILES string of the molecule is O=c1oc2c(F)c(O)ccc2s1. The lowest BCUT2D eigenvalue weighted by Gasteiger charge is -1.92.